The summed E-state index contributed by atoms with van der Waals surface area (Å²) < 4.78 is 68.5. The zero-order chi connectivity index (χ0) is 28.6. The number of fused-ring (bicyclic) bond motifs is 1. The highest BCUT2D eigenvalue weighted by Crippen LogP contribution is 2.34. The van der Waals surface area contributed by atoms with Crippen molar-refractivity contribution in [3.63, 3.8) is 0 Å². The molecule has 0 spiro atoms. The lowest BCUT2D eigenvalue weighted by Crippen LogP contribution is -2.43. The van der Waals surface area contributed by atoms with Crippen molar-refractivity contribution in [1.29, 1.82) is 0 Å². The second-order valence-electron chi connectivity index (χ2n) is 9.62. The van der Waals surface area contributed by atoms with E-state index in [-0.39, 0.29) is 30.7 Å². The molecule has 1 saturated heterocycles. The number of rotatable bonds is 8. The molecule has 1 aliphatic heterocycles. The predicted octanol–water partition coefficient (Wildman–Crippen LogP) is 4.14. The molecular formula is C27H27F3N6O3S. The van der Waals surface area contributed by atoms with Crippen LogP contribution in [0.5, 0.6) is 0 Å². The van der Waals surface area contributed by atoms with Crippen molar-refractivity contribution in [3.05, 3.63) is 81.8 Å². The molecule has 13 heteroatoms. The van der Waals surface area contributed by atoms with Crippen molar-refractivity contribution in [2.45, 2.75) is 25.9 Å². The number of nitrogens with zero attached hydrogens (tertiary/aromatic N) is 5. The van der Waals surface area contributed by atoms with E-state index in [0.29, 0.717) is 22.3 Å². The number of hydrazine groups is 1. The van der Waals surface area contributed by atoms with Crippen LogP contribution < -0.4 is 15.3 Å². The number of halogens is 3. The Kier molecular flexibility index (Phi) is 7.88. The molecule has 2 N–H and O–H groups in total. The minimum absolute atomic E-state index is 0.0655. The maximum Gasteiger partial charge on any atom is 0.277 e. The molecule has 3 heterocycles. The lowest BCUT2D eigenvalue weighted by atomic mass is 10.0. The summed E-state index contributed by atoms with van der Waals surface area (Å²) in [5, 5.41) is 4.67. The van der Waals surface area contributed by atoms with E-state index in [2.05, 4.69) is 21.4 Å². The largest absolute Gasteiger partial charge is 0.354 e. The van der Waals surface area contributed by atoms with Gasteiger partial charge in [-0.15, -0.1) is 0 Å². The van der Waals surface area contributed by atoms with Gasteiger partial charge in [-0.2, -0.15) is 9.40 Å². The first kappa shape index (κ1) is 27.7. The van der Waals surface area contributed by atoms with E-state index in [1.807, 2.05) is 25.1 Å². The molecule has 1 aliphatic rings. The third kappa shape index (κ3) is 5.44. The van der Waals surface area contributed by atoms with Crippen LogP contribution in [0.1, 0.15) is 17.5 Å². The van der Waals surface area contributed by atoms with Gasteiger partial charge in [-0.05, 0) is 43.5 Å². The molecule has 0 saturated carbocycles. The average Bonchev–Trinajstić information content (AvgIpc) is 3.34. The first-order valence-electron chi connectivity index (χ1n) is 12.6. The molecule has 2 atom stereocenters. The fourth-order valence-electron chi connectivity index (χ4n) is 4.83. The summed E-state index contributed by atoms with van der Waals surface area (Å²) >= 11 is -2.77. The van der Waals surface area contributed by atoms with E-state index >= 15 is 8.78 Å². The molecule has 0 bridgehead atoms. The maximum absolute atomic E-state index is 15.8. The number of aryl methyl sites for hydroxylation is 2. The van der Waals surface area contributed by atoms with Crippen LogP contribution in [-0.4, -0.2) is 54.1 Å². The normalized spacial score (nSPS) is 16.4. The van der Waals surface area contributed by atoms with Crippen molar-refractivity contribution in [2.24, 2.45) is 7.05 Å². The first-order chi connectivity index (χ1) is 19.1. The Labute approximate surface area is 230 Å². The highest BCUT2D eigenvalue weighted by atomic mass is 32.2. The molecule has 1 unspecified atom stereocenters. The van der Waals surface area contributed by atoms with E-state index in [1.165, 1.54) is 28.9 Å². The average molecular weight is 573 g/mol. The van der Waals surface area contributed by atoms with Gasteiger partial charge in [0.1, 0.15) is 23.3 Å². The second-order valence-corrected chi connectivity index (χ2v) is 10.4. The number of alkyl halides is 1. The van der Waals surface area contributed by atoms with Gasteiger partial charge in [-0.3, -0.25) is 13.9 Å². The van der Waals surface area contributed by atoms with Crippen LogP contribution in [0.25, 0.3) is 22.2 Å². The van der Waals surface area contributed by atoms with Crippen LogP contribution in [0.2, 0.25) is 0 Å². The van der Waals surface area contributed by atoms with Gasteiger partial charge in [-0.25, -0.2) is 27.4 Å². The van der Waals surface area contributed by atoms with Gasteiger partial charge in [0.15, 0.2) is 5.82 Å². The molecule has 5 rings (SSSR count). The topological polar surface area (TPSA) is 104 Å². The third-order valence-electron chi connectivity index (χ3n) is 6.79. The van der Waals surface area contributed by atoms with E-state index in [0.717, 1.165) is 29.7 Å². The van der Waals surface area contributed by atoms with Gasteiger partial charge in [-0.1, -0.05) is 29.8 Å². The fraction of sp³-hybridized carbons (Fsp3) is 0.296. The Bertz CT molecular complexity index is 1670. The van der Waals surface area contributed by atoms with Gasteiger partial charge in [0.2, 0.25) is 5.95 Å². The zero-order valence-corrected chi connectivity index (χ0v) is 22.6. The molecule has 2 aromatic heterocycles. The van der Waals surface area contributed by atoms with Crippen molar-refractivity contribution >= 4 is 33.9 Å². The molecule has 0 amide bonds. The van der Waals surface area contributed by atoms with Crippen molar-refractivity contribution in [3.8, 4) is 11.1 Å². The minimum Gasteiger partial charge on any atom is -0.354 e. The SMILES string of the molecule is Cc1cccc(CCNc2ncc3cc(-c4c(F)ccc(N(N5CC[C@@H](F)C5)S(=O)O)c4F)c(=O)n(C)c3n2)c1. The molecule has 0 radical (unpaired) electrons. The summed E-state index contributed by atoms with van der Waals surface area (Å²) in [6.45, 7) is 2.40. The number of nitrogens with one attached hydrogen (secondary N) is 1. The maximum atomic E-state index is 15.8. The number of benzene rings is 2. The minimum atomic E-state index is -2.77. The molecule has 40 heavy (non-hydrogen) atoms. The molecule has 2 aromatic carbocycles. The summed E-state index contributed by atoms with van der Waals surface area (Å²) in [6.07, 6.45) is 1.01. The highest BCUT2D eigenvalue weighted by Gasteiger charge is 2.33. The lowest BCUT2D eigenvalue weighted by Gasteiger charge is -2.30. The van der Waals surface area contributed by atoms with Gasteiger partial charge >= 0.3 is 0 Å². The van der Waals surface area contributed by atoms with E-state index in [4.69, 9.17) is 0 Å². The van der Waals surface area contributed by atoms with E-state index < -0.39 is 45.9 Å². The summed E-state index contributed by atoms with van der Waals surface area (Å²) in [4.78, 5) is 22.0. The molecular weight excluding hydrogens is 545 g/mol. The quantitative estimate of drug-likeness (QED) is 0.306. The van der Waals surface area contributed by atoms with Crippen LogP contribution in [0.4, 0.5) is 24.8 Å². The van der Waals surface area contributed by atoms with Crippen molar-refractivity contribution < 1.29 is 21.9 Å². The number of hydrogen-bond acceptors (Lipinski definition) is 6. The number of pyridine rings is 1. The van der Waals surface area contributed by atoms with Crippen LogP contribution >= 0.6 is 0 Å². The Balaban J connectivity index is 1.48. The summed E-state index contributed by atoms with van der Waals surface area (Å²) in [7, 11) is 1.43. The Hall–Kier alpha value is -3.81. The van der Waals surface area contributed by atoms with Crippen molar-refractivity contribution in [1.82, 2.24) is 19.5 Å². The highest BCUT2D eigenvalue weighted by molar-refractivity contribution is 7.80. The molecule has 1 fully saturated rings. The van der Waals surface area contributed by atoms with Crippen LogP contribution in [0.15, 0.2) is 53.5 Å². The Morgan fingerprint density at radius 1 is 1.23 bits per heavy atom. The van der Waals surface area contributed by atoms with Gasteiger partial charge in [0, 0.05) is 31.7 Å². The third-order valence-corrected chi connectivity index (χ3v) is 7.51. The zero-order valence-electron chi connectivity index (χ0n) is 21.8. The number of hydrogen-bond donors (Lipinski definition) is 2. The standard InChI is InChI=1S/C27H27F3N6O3S/c1-16-4-3-5-17(12-16)8-10-31-27-32-14-18-13-20(26(37)34(2)25(18)33-27)23-21(29)6-7-22(24(23)30)36(40(38)39)35-11-9-19(28)15-35/h3-7,12-14,19H,8-11,15H2,1-2H3,(H,38,39)(H,31,32,33)/t19-/m1/s1. The molecule has 4 aromatic rings. The summed E-state index contributed by atoms with van der Waals surface area (Å²) in [6, 6.07) is 11.3. The number of aromatic nitrogens is 3. The molecule has 210 valence electrons. The Morgan fingerprint density at radius 2 is 2.02 bits per heavy atom. The van der Waals surface area contributed by atoms with Crippen LogP contribution in [-0.2, 0) is 24.7 Å². The monoisotopic (exact) mass is 572 g/mol. The van der Waals surface area contributed by atoms with E-state index in [9.17, 15) is 17.9 Å². The van der Waals surface area contributed by atoms with Gasteiger partial charge in [0.05, 0.1) is 17.7 Å². The summed E-state index contributed by atoms with van der Waals surface area (Å²) in [5.74, 6) is -1.97. The summed E-state index contributed by atoms with van der Waals surface area (Å²) in [5.41, 5.74) is 0.380. The van der Waals surface area contributed by atoms with Crippen molar-refractivity contribution in [2.75, 3.05) is 29.4 Å². The van der Waals surface area contributed by atoms with E-state index in [1.54, 1.807) is 0 Å². The molecule has 0 aliphatic carbocycles. The van der Waals surface area contributed by atoms with Crippen LogP contribution in [0.3, 0.4) is 0 Å². The first-order valence-corrected chi connectivity index (χ1v) is 13.6. The number of anilines is 2. The van der Waals surface area contributed by atoms with Gasteiger partial charge < -0.3 is 5.32 Å². The fourth-order valence-corrected chi connectivity index (χ4v) is 5.49. The van der Waals surface area contributed by atoms with Crippen LogP contribution in [0, 0.1) is 18.6 Å². The molecule has 9 nitrogen and oxygen atoms in total. The van der Waals surface area contributed by atoms with Gasteiger partial charge in [0.25, 0.3) is 16.8 Å². The Morgan fingerprint density at radius 3 is 2.73 bits per heavy atom. The predicted molar refractivity (Wildman–Crippen MR) is 148 cm³/mol. The second kappa shape index (κ2) is 11.4. The lowest BCUT2D eigenvalue weighted by molar-refractivity contribution is 0.294. The smallest absolute Gasteiger partial charge is 0.277 e.